The Balaban J connectivity index is 1.92. The molecule has 34 heavy (non-hydrogen) atoms. The van der Waals surface area contributed by atoms with Gasteiger partial charge in [-0.25, -0.2) is 0 Å². The number of rotatable bonds is 6. The second-order valence-electron chi connectivity index (χ2n) is 8.08. The summed E-state index contributed by atoms with van der Waals surface area (Å²) in [7, 11) is 1.45. The van der Waals surface area contributed by atoms with Crippen molar-refractivity contribution >= 4 is 34.7 Å². The van der Waals surface area contributed by atoms with Crippen LogP contribution in [0.25, 0.3) is 5.76 Å². The average Bonchev–Trinajstić information content (AvgIpc) is 3.09. The maximum Gasteiger partial charge on any atom is 0.300 e. The molecule has 0 radical (unpaired) electrons. The van der Waals surface area contributed by atoms with E-state index >= 15 is 0 Å². The fourth-order valence-corrected chi connectivity index (χ4v) is 4.19. The summed E-state index contributed by atoms with van der Waals surface area (Å²) in [6.45, 7) is 3.85. The molecule has 7 heteroatoms. The Morgan fingerprint density at radius 2 is 1.68 bits per heavy atom. The van der Waals surface area contributed by atoms with Crippen molar-refractivity contribution in [1.29, 1.82) is 0 Å². The Hall–Kier alpha value is -3.77. The molecule has 0 aromatic heterocycles. The van der Waals surface area contributed by atoms with Gasteiger partial charge in [0.15, 0.2) is 0 Å². The van der Waals surface area contributed by atoms with Crippen LogP contribution in [0.3, 0.4) is 0 Å². The van der Waals surface area contributed by atoms with E-state index in [9.17, 15) is 14.7 Å². The summed E-state index contributed by atoms with van der Waals surface area (Å²) in [5, 5.41) is 11.7. The van der Waals surface area contributed by atoms with Gasteiger partial charge in [-0.05, 0) is 61.9 Å². The third-order valence-corrected chi connectivity index (χ3v) is 5.70. The summed E-state index contributed by atoms with van der Waals surface area (Å²) in [6.07, 6.45) is -0.00361. The van der Waals surface area contributed by atoms with Crippen molar-refractivity contribution in [3.8, 4) is 11.5 Å². The molecule has 1 amide bonds. The molecule has 3 aromatic carbocycles. The molecule has 1 atom stereocenters. The summed E-state index contributed by atoms with van der Waals surface area (Å²) >= 11 is 6.16. The number of Topliss-reactive ketones (excluding diaryl/α,β-unsaturated/α-hetero) is 1. The van der Waals surface area contributed by atoms with Crippen molar-refractivity contribution in [1.82, 2.24) is 0 Å². The van der Waals surface area contributed by atoms with E-state index in [1.165, 1.54) is 18.1 Å². The SMILES string of the molecule is COc1ccc(Cl)cc1/C(O)=C1\C(=O)C(=O)N(c2ccccc2)C1c1ccc(OC(C)C)cc1. The third-order valence-electron chi connectivity index (χ3n) is 5.46. The highest BCUT2D eigenvalue weighted by molar-refractivity contribution is 6.51. The molecule has 3 aromatic rings. The van der Waals surface area contributed by atoms with Gasteiger partial charge in [0.25, 0.3) is 11.7 Å². The number of amides is 1. The van der Waals surface area contributed by atoms with Crippen LogP contribution in [0.4, 0.5) is 5.69 Å². The van der Waals surface area contributed by atoms with E-state index < -0.39 is 17.7 Å². The zero-order chi connectivity index (χ0) is 24.4. The minimum atomic E-state index is -0.862. The first-order valence-electron chi connectivity index (χ1n) is 10.8. The van der Waals surface area contributed by atoms with Crippen LogP contribution >= 0.6 is 11.6 Å². The number of ketones is 1. The molecule has 1 aliphatic rings. The predicted molar refractivity (Wildman–Crippen MR) is 131 cm³/mol. The smallest absolute Gasteiger partial charge is 0.300 e. The molecule has 0 aliphatic carbocycles. The number of aliphatic hydroxyl groups excluding tert-OH is 1. The van der Waals surface area contributed by atoms with Gasteiger partial charge in [0.1, 0.15) is 17.3 Å². The maximum absolute atomic E-state index is 13.3. The fraction of sp³-hybridized carbons (Fsp3) is 0.185. The van der Waals surface area contributed by atoms with E-state index in [1.54, 1.807) is 60.7 Å². The zero-order valence-electron chi connectivity index (χ0n) is 19.0. The number of halogens is 1. The highest BCUT2D eigenvalue weighted by Gasteiger charge is 2.47. The number of nitrogens with zero attached hydrogens (tertiary/aromatic N) is 1. The average molecular weight is 478 g/mol. The van der Waals surface area contributed by atoms with Gasteiger partial charge >= 0.3 is 0 Å². The molecule has 0 spiro atoms. The molecular formula is C27H24ClNO5. The van der Waals surface area contributed by atoms with E-state index in [0.29, 0.717) is 27.8 Å². The van der Waals surface area contributed by atoms with Crippen LogP contribution in [0.2, 0.25) is 5.02 Å². The van der Waals surface area contributed by atoms with Crippen LogP contribution in [-0.2, 0) is 9.59 Å². The molecular weight excluding hydrogens is 454 g/mol. The van der Waals surface area contributed by atoms with Crippen molar-refractivity contribution < 1.29 is 24.2 Å². The third kappa shape index (κ3) is 4.37. The molecule has 0 saturated carbocycles. The topological polar surface area (TPSA) is 76.1 Å². The second kappa shape index (κ2) is 9.61. The first-order valence-corrected chi connectivity index (χ1v) is 11.2. The van der Waals surface area contributed by atoms with Crippen LogP contribution in [0, 0.1) is 0 Å². The summed E-state index contributed by atoms with van der Waals surface area (Å²) < 4.78 is 11.1. The number of carbonyl (C=O) groups excluding carboxylic acids is 2. The molecule has 6 nitrogen and oxygen atoms in total. The van der Waals surface area contributed by atoms with Crippen molar-refractivity contribution in [2.45, 2.75) is 26.0 Å². The van der Waals surface area contributed by atoms with Gasteiger partial charge < -0.3 is 14.6 Å². The number of hydrogen-bond acceptors (Lipinski definition) is 5. The number of ether oxygens (including phenoxy) is 2. The highest BCUT2D eigenvalue weighted by atomic mass is 35.5. The predicted octanol–water partition coefficient (Wildman–Crippen LogP) is 5.76. The number of hydrogen-bond donors (Lipinski definition) is 1. The van der Waals surface area contributed by atoms with Gasteiger partial charge in [-0.1, -0.05) is 41.9 Å². The van der Waals surface area contributed by atoms with Crippen molar-refractivity contribution in [3.05, 3.63) is 94.5 Å². The highest BCUT2D eigenvalue weighted by Crippen LogP contribution is 2.43. The van der Waals surface area contributed by atoms with Crippen LogP contribution in [0.15, 0.2) is 78.4 Å². The van der Waals surface area contributed by atoms with Crippen molar-refractivity contribution in [2.75, 3.05) is 12.0 Å². The normalized spacial score (nSPS) is 17.3. The summed E-state index contributed by atoms with van der Waals surface area (Å²) in [4.78, 5) is 27.9. The zero-order valence-corrected chi connectivity index (χ0v) is 19.7. The standard InChI is InChI=1S/C27H24ClNO5/c1-16(2)34-20-12-9-17(10-13-20)24-23(25(30)21-15-18(28)11-14-22(21)33-3)26(31)27(32)29(24)19-7-5-4-6-8-19/h4-16,24,30H,1-3H3/b25-23+. The van der Waals surface area contributed by atoms with Crippen molar-refractivity contribution in [2.24, 2.45) is 0 Å². The molecule has 174 valence electrons. The first kappa shape index (κ1) is 23.4. The van der Waals surface area contributed by atoms with E-state index in [4.69, 9.17) is 21.1 Å². The number of benzene rings is 3. The van der Waals surface area contributed by atoms with Crippen LogP contribution in [0.5, 0.6) is 11.5 Å². The van der Waals surface area contributed by atoms with Crippen LogP contribution < -0.4 is 14.4 Å². The Labute approximate surface area is 203 Å². The fourth-order valence-electron chi connectivity index (χ4n) is 4.01. The number of methoxy groups -OCH3 is 1. The number of anilines is 1. The number of aliphatic hydroxyl groups is 1. The first-order chi connectivity index (χ1) is 16.3. The lowest BCUT2D eigenvalue weighted by Crippen LogP contribution is -2.29. The van der Waals surface area contributed by atoms with Gasteiger partial charge in [0.2, 0.25) is 0 Å². The lowest BCUT2D eigenvalue weighted by Gasteiger charge is -2.25. The molecule has 1 unspecified atom stereocenters. The molecule has 1 heterocycles. The summed E-state index contributed by atoms with van der Waals surface area (Å²) in [5.74, 6) is -0.903. The Bertz CT molecular complexity index is 1250. The van der Waals surface area contributed by atoms with Gasteiger partial charge in [-0.3, -0.25) is 14.5 Å². The summed E-state index contributed by atoms with van der Waals surface area (Å²) in [6, 6.07) is 19.9. The largest absolute Gasteiger partial charge is 0.507 e. The van der Waals surface area contributed by atoms with Crippen LogP contribution in [0.1, 0.15) is 31.0 Å². The molecule has 1 saturated heterocycles. The lowest BCUT2D eigenvalue weighted by molar-refractivity contribution is -0.132. The van der Waals surface area contributed by atoms with Crippen LogP contribution in [-0.4, -0.2) is 30.0 Å². The van der Waals surface area contributed by atoms with E-state index in [0.717, 1.165) is 0 Å². The van der Waals surface area contributed by atoms with Crippen molar-refractivity contribution in [3.63, 3.8) is 0 Å². The number of para-hydroxylation sites is 1. The molecule has 4 rings (SSSR count). The van der Waals surface area contributed by atoms with E-state index in [1.807, 2.05) is 19.9 Å². The van der Waals surface area contributed by atoms with Gasteiger partial charge in [0, 0.05) is 10.7 Å². The second-order valence-corrected chi connectivity index (χ2v) is 8.52. The Kier molecular flexibility index (Phi) is 6.61. The van der Waals surface area contributed by atoms with E-state index in [2.05, 4.69) is 0 Å². The minimum Gasteiger partial charge on any atom is -0.507 e. The minimum absolute atomic E-state index is 0.00361. The Morgan fingerprint density at radius 1 is 1.00 bits per heavy atom. The van der Waals surface area contributed by atoms with Gasteiger partial charge in [-0.15, -0.1) is 0 Å². The maximum atomic E-state index is 13.3. The van der Waals surface area contributed by atoms with E-state index in [-0.39, 0.29) is 23.0 Å². The molecule has 1 aliphatic heterocycles. The Morgan fingerprint density at radius 3 is 2.29 bits per heavy atom. The molecule has 0 bridgehead atoms. The van der Waals surface area contributed by atoms with Gasteiger partial charge in [-0.2, -0.15) is 0 Å². The summed E-state index contributed by atoms with van der Waals surface area (Å²) in [5.41, 5.74) is 1.36. The monoisotopic (exact) mass is 477 g/mol. The van der Waals surface area contributed by atoms with Gasteiger partial charge in [0.05, 0.1) is 30.4 Å². The molecule has 1 fully saturated rings. The number of carbonyl (C=O) groups is 2. The lowest BCUT2D eigenvalue weighted by atomic mass is 9.94. The quantitative estimate of drug-likeness (QED) is 0.277. The molecule has 1 N–H and O–H groups in total.